The number of carbonyl (C=O) groups excluding carboxylic acids is 1. The van der Waals surface area contributed by atoms with E-state index in [2.05, 4.69) is 0 Å². The Labute approximate surface area is 148 Å². The van der Waals surface area contributed by atoms with Gasteiger partial charge < -0.3 is 33.2 Å². The SMILES string of the molecule is COC(=O)[C@@H]1OC(C)(C)O[C@@H]1[C@H]1OC(C)(C)O[C@@H]1[C@H]1COC(C)(C)O1. The largest absolute Gasteiger partial charge is 0.467 e. The van der Waals surface area contributed by atoms with Crippen molar-refractivity contribution in [2.45, 2.75) is 89.4 Å². The highest BCUT2D eigenvalue weighted by atomic mass is 16.8. The highest BCUT2D eigenvalue weighted by Gasteiger charge is 2.59. The first kappa shape index (κ1) is 19.0. The normalized spacial score (nSPS) is 41.8. The van der Waals surface area contributed by atoms with Gasteiger partial charge in [0.05, 0.1) is 13.7 Å². The van der Waals surface area contributed by atoms with Gasteiger partial charge in [-0.05, 0) is 41.5 Å². The van der Waals surface area contributed by atoms with E-state index in [1.165, 1.54) is 7.11 Å². The lowest BCUT2D eigenvalue weighted by Gasteiger charge is -2.28. The fraction of sp³-hybridized carbons (Fsp3) is 0.941. The van der Waals surface area contributed by atoms with Crippen LogP contribution in [0, 0.1) is 0 Å². The molecule has 0 amide bonds. The number of hydrogen-bond acceptors (Lipinski definition) is 8. The van der Waals surface area contributed by atoms with Crippen LogP contribution in [0.5, 0.6) is 0 Å². The summed E-state index contributed by atoms with van der Waals surface area (Å²) < 4.78 is 40.3. The fourth-order valence-corrected chi connectivity index (χ4v) is 3.56. The van der Waals surface area contributed by atoms with Gasteiger partial charge in [0.25, 0.3) is 0 Å². The van der Waals surface area contributed by atoms with Crippen molar-refractivity contribution < 1.29 is 38.0 Å². The number of carbonyl (C=O) groups is 1. The van der Waals surface area contributed by atoms with E-state index in [-0.39, 0.29) is 6.10 Å². The molecule has 8 heteroatoms. The van der Waals surface area contributed by atoms with Gasteiger partial charge in [-0.3, -0.25) is 0 Å². The molecule has 0 saturated carbocycles. The standard InChI is InChI=1S/C17H28O8/c1-15(2)20-8-9(21-15)10-11(23-16(3,4)22-10)12-13(14(18)19-7)25-17(5,6)24-12/h9-13H,8H2,1-7H3/t9-,10-,11+,12-,13-/m1/s1. The molecule has 144 valence electrons. The van der Waals surface area contributed by atoms with Gasteiger partial charge >= 0.3 is 5.97 Å². The minimum Gasteiger partial charge on any atom is -0.467 e. The van der Waals surface area contributed by atoms with Crippen molar-refractivity contribution in [1.29, 1.82) is 0 Å². The fourth-order valence-electron chi connectivity index (χ4n) is 3.56. The summed E-state index contributed by atoms with van der Waals surface area (Å²) >= 11 is 0. The van der Waals surface area contributed by atoms with Crippen molar-refractivity contribution in [3.8, 4) is 0 Å². The van der Waals surface area contributed by atoms with E-state index in [1.807, 2.05) is 27.7 Å². The minimum atomic E-state index is -0.934. The second-order valence-corrected chi connectivity index (χ2v) is 7.98. The molecular formula is C17H28O8. The van der Waals surface area contributed by atoms with Gasteiger partial charge in [0.15, 0.2) is 23.5 Å². The van der Waals surface area contributed by atoms with Crippen LogP contribution in [0.3, 0.4) is 0 Å². The van der Waals surface area contributed by atoms with Gasteiger partial charge in [-0.2, -0.15) is 0 Å². The van der Waals surface area contributed by atoms with Crippen LogP contribution in [0.1, 0.15) is 41.5 Å². The Morgan fingerprint density at radius 2 is 1.36 bits per heavy atom. The summed E-state index contributed by atoms with van der Waals surface area (Å²) in [4.78, 5) is 12.2. The van der Waals surface area contributed by atoms with Crippen LogP contribution in [-0.4, -0.2) is 67.6 Å². The number of rotatable bonds is 3. The quantitative estimate of drug-likeness (QED) is 0.698. The number of ether oxygens (including phenoxy) is 7. The molecule has 0 bridgehead atoms. The van der Waals surface area contributed by atoms with Crippen molar-refractivity contribution >= 4 is 5.97 Å². The van der Waals surface area contributed by atoms with E-state index >= 15 is 0 Å². The molecule has 0 aromatic heterocycles. The molecule has 5 atom stereocenters. The lowest BCUT2D eigenvalue weighted by Crippen LogP contribution is -2.49. The summed E-state index contributed by atoms with van der Waals surface area (Å²) in [6.07, 6.45) is -2.95. The first-order valence-electron chi connectivity index (χ1n) is 8.54. The van der Waals surface area contributed by atoms with E-state index < -0.39 is 47.7 Å². The van der Waals surface area contributed by atoms with Gasteiger partial charge in [0, 0.05) is 0 Å². The highest BCUT2D eigenvalue weighted by molar-refractivity contribution is 5.75. The van der Waals surface area contributed by atoms with Gasteiger partial charge in [-0.1, -0.05) is 0 Å². The zero-order chi connectivity index (χ0) is 18.6. The summed E-state index contributed by atoms with van der Waals surface area (Å²) in [5.41, 5.74) is 0. The average molecular weight is 360 g/mol. The summed E-state index contributed by atoms with van der Waals surface area (Å²) in [5, 5.41) is 0. The zero-order valence-electron chi connectivity index (χ0n) is 15.9. The van der Waals surface area contributed by atoms with E-state index in [1.54, 1.807) is 13.8 Å². The number of hydrogen-bond donors (Lipinski definition) is 0. The Morgan fingerprint density at radius 1 is 0.800 bits per heavy atom. The summed E-state index contributed by atoms with van der Waals surface area (Å²) in [6, 6.07) is 0. The Kier molecular flexibility index (Phi) is 4.67. The maximum absolute atomic E-state index is 12.2. The van der Waals surface area contributed by atoms with Crippen molar-refractivity contribution in [2.75, 3.05) is 13.7 Å². The lowest BCUT2D eigenvalue weighted by molar-refractivity contribution is -0.178. The Morgan fingerprint density at radius 3 is 1.92 bits per heavy atom. The van der Waals surface area contributed by atoms with Crippen LogP contribution in [0.2, 0.25) is 0 Å². The van der Waals surface area contributed by atoms with Gasteiger partial charge in [0.1, 0.15) is 24.4 Å². The molecule has 0 aromatic carbocycles. The van der Waals surface area contributed by atoms with Crippen molar-refractivity contribution in [3.05, 3.63) is 0 Å². The van der Waals surface area contributed by atoms with E-state index in [4.69, 9.17) is 33.2 Å². The van der Waals surface area contributed by atoms with Crippen LogP contribution in [0.4, 0.5) is 0 Å². The number of methoxy groups -OCH3 is 1. The molecule has 8 nitrogen and oxygen atoms in total. The minimum absolute atomic E-state index is 0.340. The van der Waals surface area contributed by atoms with E-state index in [0.29, 0.717) is 6.61 Å². The van der Waals surface area contributed by atoms with Crippen molar-refractivity contribution in [3.63, 3.8) is 0 Å². The Hall–Kier alpha value is -0.770. The Bertz CT molecular complexity index is 529. The predicted molar refractivity (Wildman–Crippen MR) is 84.6 cm³/mol. The van der Waals surface area contributed by atoms with Crippen LogP contribution in [0.15, 0.2) is 0 Å². The van der Waals surface area contributed by atoms with Crippen molar-refractivity contribution in [2.24, 2.45) is 0 Å². The van der Waals surface area contributed by atoms with Gasteiger partial charge in [0.2, 0.25) is 0 Å². The summed E-state index contributed by atoms with van der Waals surface area (Å²) in [7, 11) is 1.32. The molecule has 0 unspecified atom stereocenters. The second kappa shape index (κ2) is 6.14. The molecule has 0 spiro atoms. The van der Waals surface area contributed by atoms with Crippen molar-refractivity contribution in [1.82, 2.24) is 0 Å². The number of esters is 1. The monoisotopic (exact) mass is 360 g/mol. The first-order valence-corrected chi connectivity index (χ1v) is 8.54. The molecule has 0 N–H and O–H groups in total. The van der Waals surface area contributed by atoms with Crippen LogP contribution in [-0.2, 0) is 38.0 Å². The zero-order valence-corrected chi connectivity index (χ0v) is 15.9. The Balaban J connectivity index is 1.85. The third-order valence-electron chi connectivity index (χ3n) is 4.45. The molecule has 0 aromatic rings. The third-order valence-corrected chi connectivity index (χ3v) is 4.45. The molecular weight excluding hydrogens is 332 g/mol. The molecule has 0 aliphatic carbocycles. The van der Waals surface area contributed by atoms with Crippen LogP contribution in [0.25, 0.3) is 0 Å². The molecule has 3 rings (SSSR count). The summed E-state index contributed by atoms with van der Waals surface area (Å²) in [5.74, 6) is -2.98. The molecule has 3 aliphatic rings. The molecule has 3 heterocycles. The molecule has 3 saturated heterocycles. The average Bonchev–Trinajstić information content (AvgIpc) is 3.10. The highest BCUT2D eigenvalue weighted by Crippen LogP contribution is 2.41. The first-order chi connectivity index (χ1) is 11.4. The molecule has 25 heavy (non-hydrogen) atoms. The van der Waals surface area contributed by atoms with Gasteiger partial charge in [-0.15, -0.1) is 0 Å². The molecule has 0 radical (unpaired) electrons. The lowest BCUT2D eigenvalue weighted by atomic mass is 9.99. The van der Waals surface area contributed by atoms with Gasteiger partial charge in [-0.25, -0.2) is 4.79 Å². The third kappa shape index (κ3) is 3.84. The van der Waals surface area contributed by atoms with E-state index in [0.717, 1.165) is 0 Å². The maximum atomic E-state index is 12.2. The smallest absolute Gasteiger partial charge is 0.337 e. The molecule has 3 fully saturated rings. The van der Waals surface area contributed by atoms with Crippen LogP contribution >= 0.6 is 0 Å². The summed E-state index contributed by atoms with van der Waals surface area (Å²) in [6.45, 7) is 11.2. The molecule has 3 aliphatic heterocycles. The maximum Gasteiger partial charge on any atom is 0.337 e. The topological polar surface area (TPSA) is 81.7 Å². The van der Waals surface area contributed by atoms with Crippen LogP contribution < -0.4 is 0 Å². The van der Waals surface area contributed by atoms with E-state index in [9.17, 15) is 4.79 Å². The second-order valence-electron chi connectivity index (χ2n) is 7.98. The predicted octanol–water partition coefficient (Wildman–Crippen LogP) is 1.35.